The number of fused-ring (bicyclic) bond motifs is 4. The van der Waals surface area contributed by atoms with Crippen LogP contribution in [0, 0.1) is 23.7 Å². The summed E-state index contributed by atoms with van der Waals surface area (Å²) in [4.78, 5) is 59.8. The highest BCUT2D eigenvalue weighted by Gasteiger charge is 2.70. The summed E-state index contributed by atoms with van der Waals surface area (Å²) in [6.07, 6.45) is -15.2. The van der Waals surface area contributed by atoms with Crippen LogP contribution in [0.15, 0.2) is 103 Å². The normalized spacial score (nSPS) is 25.8. The molecule has 3 fully saturated rings. The molecule has 8 rings (SSSR count). The van der Waals surface area contributed by atoms with E-state index < -0.39 is 112 Å². The van der Waals surface area contributed by atoms with E-state index >= 15 is 4.79 Å². The van der Waals surface area contributed by atoms with Crippen LogP contribution in [0.3, 0.4) is 0 Å². The minimum Gasteiger partial charge on any atom is -0.508 e. The van der Waals surface area contributed by atoms with Gasteiger partial charge in [-0.25, -0.2) is 9.80 Å². The van der Waals surface area contributed by atoms with Crippen molar-refractivity contribution in [3.63, 3.8) is 0 Å². The molecule has 6 unspecified atom stereocenters. The number of phenols is 1. The summed E-state index contributed by atoms with van der Waals surface area (Å²) in [7, 11) is 0. The highest BCUT2D eigenvalue weighted by atomic mass is 35.5. The summed E-state index contributed by atoms with van der Waals surface area (Å²) in [5.41, 5.74) is -6.68. The number of aromatic hydroxyl groups is 1. The van der Waals surface area contributed by atoms with E-state index in [1.54, 1.807) is 18.2 Å². The first-order valence-electron chi connectivity index (χ1n) is 17.8. The van der Waals surface area contributed by atoms with Gasteiger partial charge in [0.15, 0.2) is 0 Å². The molecule has 4 aromatic carbocycles. The molecule has 0 radical (unpaired) electrons. The van der Waals surface area contributed by atoms with Gasteiger partial charge < -0.3 is 9.84 Å². The Morgan fingerprint density at radius 1 is 0.695 bits per heavy atom. The monoisotopic (exact) mass is 848 g/mol. The summed E-state index contributed by atoms with van der Waals surface area (Å²) in [5.74, 6) is -12.8. The van der Waals surface area contributed by atoms with E-state index in [0.29, 0.717) is 0 Å². The molecule has 18 heteroatoms. The number of imide groups is 2. The molecular weight excluding hydrogens is 823 g/mol. The molecule has 0 bridgehead atoms. The summed E-state index contributed by atoms with van der Waals surface area (Å²) in [6, 6.07) is 16.2. The lowest BCUT2D eigenvalue weighted by Crippen LogP contribution is -2.53. The Kier molecular flexibility index (Phi) is 9.22. The third-order valence-electron chi connectivity index (χ3n) is 11.5. The van der Waals surface area contributed by atoms with E-state index in [1.165, 1.54) is 42.5 Å². The second-order valence-electron chi connectivity index (χ2n) is 14.6. The van der Waals surface area contributed by atoms with E-state index in [4.69, 9.17) is 11.6 Å². The van der Waals surface area contributed by atoms with Gasteiger partial charge in [-0.1, -0.05) is 59.6 Å². The second-order valence-corrected chi connectivity index (χ2v) is 15.1. The topological polar surface area (TPSA) is 104 Å². The Labute approximate surface area is 332 Å². The molecule has 4 aromatic rings. The van der Waals surface area contributed by atoms with Gasteiger partial charge in [0.05, 0.1) is 45.7 Å². The maximum absolute atomic E-state index is 15.3. The number of allylic oxidation sites excluding steroid dienone is 2. The largest absolute Gasteiger partial charge is 0.573 e. The zero-order valence-electron chi connectivity index (χ0n) is 29.7. The first-order chi connectivity index (χ1) is 27.6. The zero-order chi connectivity index (χ0) is 42.6. The van der Waals surface area contributed by atoms with Crippen molar-refractivity contribution in [2.24, 2.45) is 23.7 Å². The molecule has 1 saturated carbocycles. The van der Waals surface area contributed by atoms with Crippen LogP contribution < -0.4 is 14.5 Å². The van der Waals surface area contributed by atoms with Gasteiger partial charge in [0.2, 0.25) is 23.6 Å². The van der Waals surface area contributed by atoms with Crippen molar-refractivity contribution in [3.8, 4) is 11.5 Å². The van der Waals surface area contributed by atoms with Gasteiger partial charge >= 0.3 is 18.7 Å². The van der Waals surface area contributed by atoms with E-state index in [2.05, 4.69) is 4.74 Å². The van der Waals surface area contributed by atoms with E-state index in [0.717, 1.165) is 23.1 Å². The third-order valence-corrected chi connectivity index (χ3v) is 11.8. The first-order valence-corrected chi connectivity index (χ1v) is 18.2. The standard InChI is InChI=1S/C41H26ClF9N2O6/c42-22-7-4-8-23(16-22)53-35(56)30-18-28-26(10-11-27-32(28)36(57)52(34(27)55)24-14-20(39(43,44)45)13-21(15-24)40(46,47)48)33(38(30,37(53)58)19-5-2-1-3-6-19)29-17-25(9-12-31(29)54)59-41(49,50)51/h1-10,12-17,27-28,30,32-33,54H,11,18H2. The van der Waals surface area contributed by atoms with Gasteiger partial charge in [0.1, 0.15) is 11.5 Å². The number of hydrogen-bond acceptors (Lipinski definition) is 6. The highest BCUT2D eigenvalue weighted by Crippen LogP contribution is 2.65. The number of amides is 4. The predicted octanol–water partition coefficient (Wildman–Crippen LogP) is 9.35. The average molecular weight is 849 g/mol. The first kappa shape index (κ1) is 40.0. The quantitative estimate of drug-likeness (QED) is 0.122. The Morgan fingerprint density at radius 2 is 1.36 bits per heavy atom. The van der Waals surface area contributed by atoms with Crippen LogP contribution in [0.25, 0.3) is 0 Å². The van der Waals surface area contributed by atoms with Crippen molar-refractivity contribution in [2.75, 3.05) is 9.80 Å². The molecule has 2 aliphatic heterocycles. The molecule has 4 aliphatic rings. The molecule has 0 spiro atoms. The number of hydrogen-bond donors (Lipinski definition) is 1. The van der Waals surface area contributed by atoms with Crippen LogP contribution in [-0.4, -0.2) is 35.1 Å². The van der Waals surface area contributed by atoms with Gasteiger partial charge in [-0.15, -0.1) is 13.2 Å². The number of rotatable bonds is 5. The number of phenolic OH excluding ortho intramolecular Hbond substituents is 1. The zero-order valence-corrected chi connectivity index (χ0v) is 30.5. The fourth-order valence-corrected chi connectivity index (χ4v) is 9.56. The minimum absolute atomic E-state index is 0.00692. The molecular formula is C41H26ClF9N2O6. The van der Waals surface area contributed by atoms with Crippen molar-refractivity contribution < 1.29 is 68.5 Å². The Hall–Kier alpha value is -5.84. The molecule has 2 aliphatic carbocycles. The van der Waals surface area contributed by atoms with Crippen molar-refractivity contribution in [1.82, 2.24) is 0 Å². The van der Waals surface area contributed by atoms with Crippen LogP contribution in [0.4, 0.5) is 50.9 Å². The molecule has 306 valence electrons. The number of carbonyl (C=O) groups excluding carboxylic acids is 4. The lowest BCUT2D eigenvalue weighted by atomic mass is 9.49. The Bertz CT molecular complexity index is 2440. The van der Waals surface area contributed by atoms with Gasteiger partial charge in [-0.2, -0.15) is 26.3 Å². The van der Waals surface area contributed by atoms with Gasteiger partial charge in [0.25, 0.3) is 0 Å². The minimum atomic E-state index is -5.32. The molecule has 8 nitrogen and oxygen atoms in total. The second kappa shape index (κ2) is 13.6. The number of anilines is 2. The predicted molar refractivity (Wildman–Crippen MR) is 190 cm³/mol. The number of alkyl halides is 9. The number of nitrogens with zero attached hydrogens (tertiary/aromatic N) is 2. The maximum Gasteiger partial charge on any atom is 0.573 e. The summed E-state index contributed by atoms with van der Waals surface area (Å²) in [6.45, 7) is 0. The fourth-order valence-electron chi connectivity index (χ4n) is 9.37. The van der Waals surface area contributed by atoms with Gasteiger partial charge in [-0.3, -0.25) is 19.2 Å². The van der Waals surface area contributed by atoms with E-state index in [1.807, 2.05) is 0 Å². The van der Waals surface area contributed by atoms with Crippen molar-refractivity contribution in [1.29, 1.82) is 0 Å². The molecule has 2 saturated heterocycles. The smallest absolute Gasteiger partial charge is 0.508 e. The molecule has 2 heterocycles. The van der Waals surface area contributed by atoms with Crippen LogP contribution in [0.2, 0.25) is 5.02 Å². The number of benzene rings is 4. The van der Waals surface area contributed by atoms with Gasteiger partial charge in [-0.05, 0) is 78.9 Å². The van der Waals surface area contributed by atoms with Crippen molar-refractivity contribution in [3.05, 3.63) is 130 Å². The summed E-state index contributed by atoms with van der Waals surface area (Å²) >= 11 is 6.27. The highest BCUT2D eigenvalue weighted by molar-refractivity contribution is 6.32. The molecule has 6 atom stereocenters. The van der Waals surface area contributed by atoms with Gasteiger partial charge in [0, 0.05) is 16.5 Å². The molecule has 4 amide bonds. The molecule has 0 aromatic heterocycles. The number of ether oxygens (including phenoxy) is 1. The Balaban J connectivity index is 1.35. The van der Waals surface area contributed by atoms with Crippen LogP contribution in [-0.2, 0) is 36.9 Å². The lowest BCUT2D eigenvalue weighted by molar-refractivity contribution is -0.274. The van der Waals surface area contributed by atoms with E-state index in [9.17, 15) is 59.0 Å². The number of carbonyl (C=O) groups is 4. The van der Waals surface area contributed by atoms with E-state index in [-0.39, 0.29) is 56.9 Å². The van der Waals surface area contributed by atoms with Crippen molar-refractivity contribution in [2.45, 2.75) is 42.9 Å². The summed E-state index contributed by atoms with van der Waals surface area (Å²) < 4.78 is 128. The Morgan fingerprint density at radius 3 is 1.97 bits per heavy atom. The summed E-state index contributed by atoms with van der Waals surface area (Å²) in [5, 5.41) is 11.6. The molecule has 1 N–H and O–H groups in total. The van der Waals surface area contributed by atoms with Crippen LogP contribution in [0.1, 0.15) is 41.0 Å². The maximum atomic E-state index is 15.3. The average Bonchev–Trinajstić information content (AvgIpc) is 3.55. The fraction of sp³-hybridized carbons (Fsp3) is 0.268. The SMILES string of the molecule is O=C1C2CC=C3C(CC4C(=O)N(c5cccc(Cl)c5)C(=O)C4(c4ccccc4)C3c3cc(OC(F)(F)F)ccc3O)C2C(=O)N1c1cc(C(F)(F)F)cc(C(F)(F)F)c1. The lowest BCUT2D eigenvalue weighted by Gasteiger charge is -2.50. The number of halogens is 10. The van der Waals surface area contributed by atoms with Crippen LogP contribution in [0.5, 0.6) is 11.5 Å². The van der Waals surface area contributed by atoms with Crippen molar-refractivity contribution >= 4 is 46.6 Å². The molecule has 59 heavy (non-hydrogen) atoms. The third kappa shape index (κ3) is 6.40. The van der Waals surface area contributed by atoms with Crippen LogP contribution >= 0.6 is 11.6 Å².